The van der Waals surface area contributed by atoms with E-state index in [1.807, 2.05) is 18.5 Å². The second kappa shape index (κ2) is 27.3. The van der Waals surface area contributed by atoms with Gasteiger partial charge in [-0.1, -0.05) is 285 Å². The number of anilines is 6. The van der Waals surface area contributed by atoms with Crippen LogP contribution >= 0.6 is 0 Å². The first-order valence-corrected chi connectivity index (χ1v) is 36.1. The monoisotopic (exact) mass is 1350 g/mol. The van der Waals surface area contributed by atoms with E-state index in [9.17, 15) is 0 Å². The maximum atomic E-state index is 6.55. The highest BCUT2D eigenvalue weighted by Crippen LogP contribution is 2.54. The van der Waals surface area contributed by atoms with Gasteiger partial charge in [0.25, 0.3) is 0 Å². The number of hydrogen-bond acceptors (Lipinski definition) is 4. The fourth-order valence-electron chi connectivity index (χ4n) is 15.8. The largest absolute Gasteiger partial charge is 0.311 e. The van der Waals surface area contributed by atoms with Crippen molar-refractivity contribution < 1.29 is 0 Å². The molecule has 106 heavy (non-hydrogen) atoms. The summed E-state index contributed by atoms with van der Waals surface area (Å²) in [7, 11) is 0. The van der Waals surface area contributed by atoms with Gasteiger partial charge in [-0.2, -0.15) is 0 Å². The predicted octanol–water partition coefficient (Wildman–Crippen LogP) is 26.9. The zero-order chi connectivity index (χ0) is 70.3. The smallest absolute Gasteiger partial charge is 0.163 e. The molecule has 0 unspecified atom stereocenters. The standard InChI is InChI=1S/C100H68N6/c1-7-30-71(31-8-1)82-43-19-22-48-87(82)96-97(88-49-23-20-45-84(88)75-34-29-65-101-68-75)99(105-92-51-27-25-46-85(92)90-66-73(57-63-94(90)105)69-53-59-80(60-54-69)103(76-35-11-3-12-36-76)77-37-13-4-14-38-77)100(102-98(96)89-50-24-21-44-83(89)72-32-9-2-10-33-72)106-93-52-28-26-47-86(93)91-67-74(58-64-95(91)106)70-55-61-81(62-56-70)104(78-39-15-5-16-40-78)79-41-17-6-18-42-79/h1-68H. The van der Waals surface area contributed by atoms with Gasteiger partial charge in [0.15, 0.2) is 5.82 Å². The zero-order valence-corrected chi connectivity index (χ0v) is 57.9. The average molecular weight is 1350 g/mol. The van der Waals surface area contributed by atoms with Gasteiger partial charge >= 0.3 is 0 Å². The lowest BCUT2D eigenvalue weighted by atomic mass is 9.82. The van der Waals surface area contributed by atoms with Gasteiger partial charge in [-0.3, -0.25) is 9.55 Å². The fourth-order valence-corrected chi connectivity index (χ4v) is 15.8. The molecule has 4 aromatic heterocycles. The quantitative estimate of drug-likeness (QED) is 0.0967. The molecule has 0 fully saturated rings. The Bertz CT molecular complexity index is 6320. The molecule has 0 N–H and O–H groups in total. The summed E-state index contributed by atoms with van der Waals surface area (Å²) in [4.78, 5) is 16.0. The Morgan fingerprint density at radius 3 is 1.00 bits per heavy atom. The van der Waals surface area contributed by atoms with Gasteiger partial charge in [0.2, 0.25) is 0 Å². The van der Waals surface area contributed by atoms with Crippen LogP contribution in [-0.4, -0.2) is 19.1 Å². The van der Waals surface area contributed by atoms with E-state index in [2.05, 4.69) is 413 Å². The summed E-state index contributed by atoms with van der Waals surface area (Å²) in [6.45, 7) is 0. The van der Waals surface area contributed by atoms with Crippen LogP contribution in [0.4, 0.5) is 34.1 Å². The van der Waals surface area contributed by atoms with Gasteiger partial charge in [0.1, 0.15) is 0 Å². The second-order valence-electron chi connectivity index (χ2n) is 26.8. The number of nitrogens with zero attached hydrogens (tertiary/aromatic N) is 6. The third kappa shape index (κ3) is 11.3. The maximum absolute atomic E-state index is 6.55. The van der Waals surface area contributed by atoms with Gasteiger partial charge in [0.05, 0.1) is 33.4 Å². The van der Waals surface area contributed by atoms with E-state index in [0.29, 0.717) is 0 Å². The van der Waals surface area contributed by atoms with Crippen molar-refractivity contribution in [2.75, 3.05) is 9.80 Å². The topological polar surface area (TPSA) is 42.1 Å². The first-order valence-electron chi connectivity index (χ1n) is 36.1. The summed E-state index contributed by atoms with van der Waals surface area (Å²) in [6, 6.07) is 145. The van der Waals surface area contributed by atoms with Crippen molar-refractivity contribution in [2.45, 2.75) is 0 Å². The number of pyridine rings is 2. The van der Waals surface area contributed by atoms with E-state index in [4.69, 9.17) is 9.97 Å². The van der Waals surface area contributed by atoms with Crippen molar-refractivity contribution in [2.24, 2.45) is 0 Å². The number of fused-ring (bicyclic) bond motifs is 6. The highest BCUT2D eigenvalue weighted by molar-refractivity contribution is 6.16. The molecular formula is C100H68N6. The minimum absolute atomic E-state index is 0.767. The Morgan fingerprint density at radius 2 is 0.547 bits per heavy atom. The predicted molar refractivity (Wildman–Crippen MR) is 444 cm³/mol. The lowest BCUT2D eigenvalue weighted by molar-refractivity contribution is 1.03. The third-order valence-electron chi connectivity index (χ3n) is 20.6. The molecule has 0 saturated heterocycles. The minimum atomic E-state index is 0.767. The summed E-state index contributed by atoms with van der Waals surface area (Å²) < 4.78 is 5.01. The van der Waals surface area contributed by atoms with Crippen molar-refractivity contribution in [3.8, 4) is 101 Å². The molecule has 15 aromatic carbocycles. The first kappa shape index (κ1) is 62.8. The summed E-state index contributed by atoms with van der Waals surface area (Å²) in [5.74, 6) is 0.767. The Morgan fingerprint density at radius 1 is 0.217 bits per heavy atom. The Balaban J connectivity index is 0.919. The van der Waals surface area contributed by atoms with Gasteiger partial charge in [-0.15, -0.1) is 0 Å². The van der Waals surface area contributed by atoms with Crippen LogP contribution in [0.25, 0.3) is 144 Å². The molecule has 0 saturated carbocycles. The van der Waals surface area contributed by atoms with Crippen LogP contribution in [0.2, 0.25) is 0 Å². The lowest BCUT2D eigenvalue weighted by Gasteiger charge is -2.28. The van der Waals surface area contributed by atoms with Gasteiger partial charge in [-0.05, 0) is 176 Å². The van der Waals surface area contributed by atoms with Crippen LogP contribution in [0, 0.1) is 0 Å². The molecule has 0 aliphatic heterocycles. The molecule has 0 spiro atoms. The van der Waals surface area contributed by atoms with Gasteiger partial charge < -0.3 is 14.4 Å². The van der Waals surface area contributed by atoms with Crippen LogP contribution in [0.3, 0.4) is 0 Å². The number of hydrogen-bond donors (Lipinski definition) is 0. The summed E-state index contributed by atoms with van der Waals surface area (Å²) in [6.07, 6.45) is 3.86. The molecule has 0 radical (unpaired) electrons. The van der Waals surface area contributed by atoms with Crippen LogP contribution < -0.4 is 9.80 Å². The molecular weight excluding hydrogens is 1290 g/mol. The SMILES string of the molecule is c1ccc(-c2ccccc2-c2nc(-n3c4ccccc4c4cc(-c5ccc(N(c6ccccc6)c6ccccc6)cc5)ccc43)c(-n3c4ccccc4c4cc(-c5ccc(N(c6ccccc6)c6ccccc6)cc5)ccc43)c(-c3ccccc3-c3cccnc3)c2-c2ccccc2-c2ccccc2)cc1. The highest BCUT2D eigenvalue weighted by Gasteiger charge is 2.33. The van der Waals surface area contributed by atoms with E-state index < -0.39 is 0 Å². The normalized spacial score (nSPS) is 11.4. The zero-order valence-electron chi connectivity index (χ0n) is 57.9. The van der Waals surface area contributed by atoms with E-state index in [1.165, 1.54) is 0 Å². The summed E-state index contributed by atoms with van der Waals surface area (Å²) in [5, 5.41) is 4.45. The van der Waals surface area contributed by atoms with E-state index in [-0.39, 0.29) is 0 Å². The number of aromatic nitrogens is 4. The molecule has 0 bridgehead atoms. The molecule has 0 aliphatic rings. The Labute approximate surface area is 616 Å². The van der Waals surface area contributed by atoms with Crippen LogP contribution in [0.5, 0.6) is 0 Å². The number of benzene rings is 15. The number of rotatable bonds is 16. The van der Waals surface area contributed by atoms with E-state index in [1.54, 1.807) is 0 Å². The Kier molecular flexibility index (Phi) is 16.2. The Hall–Kier alpha value is -14.2. The molecule has 6 heteroatoms. The van der Waals surface area contributed by atoms with Crippen molar-refractivity contribution >= 4 is 77.7 Å². The maximum Gasteiger partial charge on any atom is 0.163 e. The van der Waals surface area contributed by atoms with Gasteiger partial charge in [0, 0.05) is 90.3 Å². The van der Waals surface area contributed by atoms with Gasteiger partial charge in [-0.25, -0.2) is 4.98 Å². The molecule has 19 rings (SSSR count). The summed E-state index contributed by atoms with van der Waals surface area (Å²) in [5.41, 5.74) is 28.3. The van der Waals surface area contributed by atoms with Crippen LogP contribution in [0.15, 0.2) is 413 Å². The molecule has 4 heterocycles. The first-order chi connectivity index (χ1) is 52.6. The van der Waals surface area contributed by atoms with Crippen LogP contribution in [0.1, 0.15) is 0 Å². The fraction of sp³-hybridized carbons (Fsp3) is 0. The van der Waals surface area contributed by atoms with E-state index >= 15 is 0 Å². The van der Waals surface area contributed by atoms with Crippen molar-refractivity contribution in [3.63, 3.8) is 0 Å². The van der Waals surface area contributed by atoms with E-state index in [0.717, 1.165) is 178 Å². The molecule has 0 aliphatic carbocycles. The molecule has 0 amide bonds. The molecule has 498 valence electrons. The second-order valence-corrected chi connectivity index (χ2v) is 26.8. The number of para-hydroxylation sites is 6. The molecule has 19 aromatic rings. The highest BCUT2D eigenvalue weighted by atomic mass is 15.2. The molecule has 6 nitrogen and oxygen atoms in total. The van der Waals surface area contributed by atoms with Crippen molar-refractivity contribution in [3.05, 3.63) is 413 Å². The average Bonchev–Trinajstić information content (AvgIpc) is 1.46. The van der Waals surface area contributed by atoms with Crippen LogP contribution in [-0.2, 0) is 0 Å². The minimum Gasteiger partial charge on any atom is -0.311 e. The van der Waals surface area contributed by atoms with Crippen molar-refractivity contribution in [1.82, 2.24) is 19.1 Å². The summed E-state index contributed by atoms with van der Waals surface area (Å²) >= 11 is 0. The lowest BCUT2D eigenvalue weighted by Crippen LogP contribution is -2.12. The molecule has 0 atom stereocenters. The third-order valence-corrected chi connectivity index (χ3v) is 20.6. The van der Waals surface area contributed by atoms with Crippen molar-refractivity contribution in [1.29, 1.82) is 0 Å².